The lowest BCUT2D eigenvalue weighted by Crippen LogP contribution is -2.20. The van der Waals surface area contributed by atoms with Crippen molar-refractivity contribution in [3.8, 4) is 0 Å². The molecular weight excluding hydrogens is 372 g/mol. The summed E-state index contributed by atoms with van der Waals surface area (Å²) in [6.45, 7) is 3.99. The number of nitro groups is 1. The molecule has 9 nitrogen and oxygen atoms in total. The zero-order chi connectivity index (χ0) is 19.6. The molecule has 3 aromatic rings. The van der Waals surface area contributed by atoms with Crippen LogP contribution < -0.4 is 5.32 Å². The molecule has 0 spiro atoms. The molecule has 140 valence electrons. The molecule has 0 saturated carbocycles. The van der Waals surface area contributed by atoms with Crippen molar-refractivity contribution in [3.05, 3.63) is 68.6 Å². The smallest absolute Gasteiger partial charge is 0.358 e. The Balaban J connectivity index is 1.73. The molecule has 2 aromatic heterocycles. The maximum Gasteiger partial charge on any atom is 0.389 e. The van der Waals surface area contributed by atoms with Crippen molar-refractivity contribution >= 4 is 29.0 Å². The molecule has 0 aliphatic heterocycles. The van der Waals surface area contributed by atoms with Gasteiger partial charge < -0.3 is 15.4 Å². The van der Waals surface area contributed by atoms with E-state index in [4.69, 9.17) is 11.6 Å². The van der Waals surface area contributed by atoms with E-state index in [1.165, 1.54) is 16.9 Å². The first-order valence-electron chi connectivity index (χ1n) is 8.10. The average molecular weight is 389 g/mol. The van der Waals surface area contributed by atoms with Crippen LogP contribution in [0.5, 0.6) is 0 Å². The van der Waals surface area contributed by atoms with Crippen LogP contribution in [0.25, 0.3) is 0 Å². The molecule has 0 radical (unpaired) electrons. The number of benzene rings is 1. The van der Waals surface area contributed by atoms with Crippen LogP contribution in [-0.2, 0) is 17.9 Å². The summed E-state index contributed by atoms with van der Waals surface area (Å²) in [6, 6.07) is 8.73. The van der Waals surface area contributed by atoms with Crippen LogP contribution in [0.3, 0.4) is 0 Å². The van der Waals surface area contributed by atoms with Gasteiger partial charge >= 0.3 is 5.82 Å². The predicted molar refractivity (Wildman–Crippen MR) is 99.8 cm³/mol. The number of carbonyl (C=O) groups excluding carboxylic acids is 1. The fraction of sp³-hybridized carbons (Fsp3) is 0.235. The topological polar surface area (TPSA) is 108 Å². The summed E-state index contributed by atoms with van der Waals surface area (Å²) >= 11 is 6.20. The highest BCUT2D eigenvalue weighted by molar-refractivity contribution is 6.31. The summed E-state index contributed by atoms with van der Waals surface area (Å²) < 4.78 is 2.98. The third kappa shape index (κ3) is 4.14. The van der Waals surface area contributed by atoms with Gasteiger partial charge in [-0.15, -0.1) is 0 Å². The SMILES string of the molecule is Cc1nn(Cc2ccccc2Cl)c(C)c1NC(=O)Cn1ccc([N+](=O)[O-])n1. The van der Waals surface area contributed by atoms with Crippen LogP contribution in [0, 0.1) is 24.0 Å². The Kier molecular flexibility index (Phi) is 5.22. The molecule has 1 N–H and O–H groups in total. The lowest BCUT2D eigenvalue weighted by molar-refractivity contribution is -0.389. The van der Waals surface area contributed by atoms with Gasteiger partial charge in [-0.25, -0.2) is 0 Å². The van der Waals surface area contributed by atoms with Crippen molar-refractivity contribution in [2.24, 2.45) is 0 Å². The van der Waals surface area contributed by atoms with Gasteiger partial charge in [-0.2, -0.15) is 9.78 Å². The first-order valence-corrected chi connectivity index (χ1v) is 8.48. The number of nitrogens with one attached hydrogen (secondary N) is 1. The van der Waals surface area contributed by atoms with Crippen molar-refractivity contribution < 1.29 is 9.72 Å². The largest absolute Gasteiger partial charge is 0.389 e. The molecule has 0 aliphatic rings. The fourth-order valence-electron chi connectivity index (χ4n) is 2.68. The molecule has 0 unspecified atom stereocenters. The maximum absolute atomic E-state index is 12.3. The Morgan fingerprint density at radius 2 is 2.00 bits per heavy atom. The molecule has 0 bridgehead atoms. The number of rotatable bonds is 6. The van der Waals surface area contributed by atoms with Gasteiger partial charge in [-0.1, -0.05) is 29.8 Å². The second kappa shape index (κ2) is 7.58. The first kappa shape index (κ1) is 18.6. The molecule has 0 saturated heterocycles. The van der Waals surface area contributed by atoms with Gasteiger partial charge in [0.05, 0.1) is 41.0 Å². The summed E-state index contributed by atoms with van der Waals surface area (Å²) in [4.78, 5) is 22.3. The minimum atomic E-state index is -0.610. The number of amides is 1. The number of nitrogens with zero attached hydrogens (tertiary/aromatic N) is 5. The molecule has 3 rings (SSSR count). The molecule has 27 heavy (non-hydrogen) atoms. The molecule has 1 aromatic carbocycles. The van der Waals surface area contributed by atoms with Gasteiger partial charge in [0.25, 0.3) is 0 Å². The Labute approximate surface area is 159 Å². The van der Waals surface area contributed by atoms with Gasteiger partial charge in [0, 0.05) is 5.02 Å². The molecule has 0 atom stereocenters. The Morgan fingerprint density at radius 1 is 1.26 bits per heavy atom. The van der Waals surface area contributed by atoms with Crippen molar-refractivity contribution in [2.45, 2.75) is 26.9 Å². The van der Waals surface area contributed by atoms with Crippen LogP contribution in [-0.4, -0.2) is 30.4 Å². The Bertz CT molecular complexity index is 1010. The quantitative estimate of drug-likeness (QED) is 0.516. The highest BCUT2D eigenvalue weighted by atomic mass is 35.5. The van der Waals surface area contributed by atoms with Gasteiger partial charge in [0.1, 0.15) is 6.54 Å². The number of halogens is 1. The Hall–Kier alpha value is -3.20. The third-order valence-corrected chi connectivity index (χ3v) is 4.41. The standard InChI is InChI=1S/C17H17ClN6O3/c1-11-17(19-16(25)10-22-8-7-15(21-22)24(26)27)12(2)23(20-11)9-13-5-3-4-6-14(13)18/h3-8H,9-10H2,1-2H3,(H,19,25). The van der Waals surface area contributed by atoms with E-state index in [-0.39, 0.29) is 18.3 Å². The van der Waals surface area contributed by atoms with E-state index in [0.717, 1.165) is 11.3 Å². The summed E-state index contributed by atoms with van der Waals surface area (Å²) in [6.07, 6.45) is 1.39. The minimum Gasteiger partial charge on any atom is -0.358 e. The number of aryl methyl sites for hydroxylation is 1. The van der Waals surface area contributed by atoms with E-state index in [0.29, 0.717) is 22.9 Å². The van der Waals surface area contributed by atoms with Gasteiger partial charge in [-0.05, 0) is 30.4 Å². The average Bonchev–Trinajstić information content (AvgIpc) is 3.17. The number of carbonyl (C=O) groups is 1. The number of hydrogen-bond donors (Lipinski definition) is 1. The van der Waals surface area contributed by atoms with E-state index < -0.39 is 4.92 Å². The van der Waals surface area contributed by atoms with Gasteiger partial charge in [0.2, 0.25) is 5.91 Å². The summed E-state index contributed by atoms with van der Waals surface area (Å²) in [5.74, 6) is -0.654. The van der Waals surface area contributed by atoms with E-state index in [1.807, 2.05) is 31.2 Å². The van der Waals surface area contributed by atoms with Crippen LogP contribution >= 0.6 is 11.6 Å². The van der Waals surface area contributed by atoms with E-state index in [9.17, 15) is 14.9 Å². The second-order valence-electron chi connectivity index (χ2n) is 5.97. The molecule has 0 aliphatic carbocycles. The number of anilines is 1. The number of hydrogen-bond acceptors (Lipinski definition) is 5. The first-order chi connectivity index (χ1) is 12.8. The van der Waals surface area contributed by atoms with E-state index in [2.05, 4.69) is 15.5 Å². The Morgan fingerprint density at radius 3 is 2.67 bits per heavy atom. The van der Waals surface area contributed by atoms with E-state index >= 15 is 0 Å². The van der Waals surface area contributed by atoms with Crippen LogP contribution in [0.2, 0.25) is 5.02 Å². The molecular formula is C17H17ClN6O3. The van der Waals surface area contributed by atoms with Gasteiger partial charge in [0.15, 0.2) is 0 Å². The van der Waals surface area contributed by atoms with Crippen molar-refractivity contribution in [2.75, 3.05) is 5.32 Å². The van der Waals surface area contributed by atoms with Crippen molar-refractivity contribution in [1.82, 2.24) is 19.6 Å². The normalized spacial score (nSPS) is 10.8. The monoisotopic (exact) mass is 388 g/mol. The minimum absolute atomic E-state index is 0.136. The molecule has 10 heteroatoms. The summed E-state index contributed by atoms with van der Waals surface area (Å²) in [5.41, 5.74) is 2.98. The van der Waals surface area contributed by atoms with Gasteiger partial charge in [-0.3, -0.25) is 9.48 Å². The lowest BCUT2D eigenvalue weighted by atomic mass is 10.2. The molecule has 0 fully saturated rings. The number of aromatic nitrogens is 4. The molecule has 2 heterocycles. The maximum atomic E-state index is 12.3. The van der Waals surface area contributed by atoms with Crippen molar-refractivity contribution in [1.29, 1.82) is 0 Å². The zero-order valence-electron chi connectivity index (χ0n) is 14.7. The summed E-state index contributed by atoms with van der Waals surface area (Å²) in [5, 5.41) is 22.3. The highest BCUT2D eigenvalue weighted by Crippen LogP contribution is 2.22. The van der Waals surface area contributed by atoms with E-state index in [1.54, 1.807) is 11.6 Å². The predicted octanol–water partition coefficient (Wildman–Crippen LogP) is 2.95. The van der Waals surface area contributed by atoms with Crippen LogP contribution in [0.4, 0.5) is 11.5 Å². The second-order valence-corrected chi connectivity index (χ2v) is 6.38. The lowest BCUT2D eigenvalue weighted by Gasteiger charge is -2.08. The van der Waals surface area contributed by atoms with Crippen LogP contribution in [0.1, 0.15) is 17.0 Å². The zero-order valence-corrected chi connectivity index (χ0v) is 15.5. The third-order valence-electron chi connectivity index (χ3n) is 4.04. The molecule has 1 amide bonds. The summed E-state index contributed by atoms with van der Waals surface area (Å²) in [7, 11) is 0. The van der Waals surface area contributed by atoms with Crippen molar-refractivity contribution in [3.63, 3.8) is 0 Å². The highest BCUT2D eigenvalue weighted by Gasteiger charge is 2.17. The van der Waals surface area contributed by atoms with Crippen LogP contribution in [0.15, 0.2) is 36.5 Å². The fourth-order valence-corrected chi connectivity index (χ4v) is 2.88.